The van der Waals surface area contributed by atoms with Crippen molar-refractivity contribution in [3.63, 3.8) is 0 Å². The molecular weight excluding hydrogens is 316 g/mol. The van der Waals surface area contributed by atoms with E-state index in [9.17, 15) is 0 Å². The van der Waals surface area contributed by atoms with Crippen LogP contribution in [0.5, 0.6) is 0 Å². The summed E-state index contributed by atoms with van der Waals surface area (Å²) in [5.74, 6) is 1.28. The molecule has 0 saturated carbocycles. The SMILES string of the molecule is CCNC(=NCC(C)c1ccc(C)cc1)NCCc1ncc(C)s1. The molecule has 1 heterocycles. The van der Waals surface area contributed by atoms with E-state index in [2.05, 4.69) is 67.6 Å². The maximum absolute atomic E-state index is 4.73. The van der Waals surface area contributed by atoms with E-state index in [4.69, 9.17) is 4.99 Å². The van der Waals surface area contributed by atoms with Gasteiger partial charge in [-0.15, -0.1) is 11.3 Å². The number of aliphatic imine (C=N–C) groups is 1. The number of guanidine groups is 1. The molecule has 0 amide bonds. The molecule has 2 N–H and O–H groups in total. The van der Waals surface area contributed by atoms with Gasteiger partial charge in [-0.2, -0.15) is 0 Å². The first-order valence-electron chi connectivity index (χ1n) is 8.58. The second-order valence-corrected chi connectivity index (χ2v) is 7.39. The molecule has 0 saturated heterocycles. The third-order valence-electron chi connectivity index (χ3n) is 3.81. The van der Waals surface area contributed by atoms with Gasteiger partial charge in [0.25, 0.3) is 0 Å². The van der Waals surface area contributed by atoms with Gasteiger partial charge in [0, 0.05) is 43.0 Å². The van der Waals surface area contributed by atoms with Crippen LogP contribution < -0.4 is 10.6 Å². The lowest BCUT2D eigenvalue weighted by Crippen LogP contribution is -2.38. The molecule has 0 spiro atoms. The van der Waals surface area contributed by atoms with E-state index in [1.807, 2.05) is 6.20 Å². The minimum absolute atomic E-state index is 0.405. The van der Waals surface area contributed by atoms with Crippen LogP contribution in [0.2, 0.25) is 0 Å². The molecule has 1 atom stereocenters. The monoisotopic (exact) mass is 344 g/mol. The van der Waals surface area contributed by atoms with Crippen LogP contribution in [0, 0.1) is 13.8 Å². The fourth-order valence-electron chi connectivity index (χ4n) is 2.38. The third kappa shape index (κ3) is 5.96. The Labute approximate surface area is 149 Å². The molecule has 130 valence electrons. The Bertz CT molecular complexity index is 646. The molecule has 1 aromatic carbocycles. The van der Waals surface area contributed by atoms with E-state index < -0.39 is 0 Å². The largest absolute Gasteiger partial charge is 0.357 e. The van der Waals surface area contributed by atoms with Crippen molar-refractivity contribution in [1.82, 2.24) is 15.6 Å². The zero-order valence-corrected chi connectivity index (χ0v) is 15.9. The van der Waals surface area contributed by atoms with Crippen molar-refractivity contribution in [3.05, 3.63) is 51.5 Å². The van der Waals surface area contributed by atoms with Crippen LogP contribution in [0.4, 0.5) is 0 Å². The third-order valence-corrected chi connectivity index (χ3v) is 4.79. The number of hydrogen-bond acceptors (Lipinski definition) is 3. The Morgan fingerprint density at radius 2 is 1.96 bits per heavy atom. The van der Waals surface area contributed by atoms with Gasteiger partial charge in [-0.3, -0.25) is 4.99 Å². The minimum Gasteiger partial charge on any atom is -0.357 e. The Morgan fingerprint density at radius 3 is 2.58 bits per heavy atom. The first kappa shape index (κ1) is 18.5. The number of aryl methyl sites for hydroxylation is 2. The van der Waals surface area contributed by atoms with E-state index in [0.717, 1.165) is 32.0 Å². The van der Waals surface area contributed by atoms with E-state index in [0.29, 0.717) is 5.92 Å². The Kier molecular flexibility index (Phi) is 7.25. The standard InChI is InChI=1S/C19H28N4S/c1-5-20-19(21-11-10-18-22-13-16(4)24-18)23-12-15(3)17-8-6-14(2)7-9-17/h6-9,13,15H,5,10-12H2,1-4H3,(H2,20,21,23). The highest BCUT2D eigenvalue weighted by Crippen LogP contribution is 2.16. The number of nitrogens with zero attached hydrogens (tertiary/aromatic N) is 2. The molecular formula is C19H28N4S. The average Bonchev–Trinajstić information content (AvgIpc) is 2.98. The Morgan fingerprint density at radius 1 is 1.21 bits per heavy atom. The molecule has 5 heteroatoms. The van der Waals surface area contributed by atoms with E-state index in [1.165, 1.54) is 21.0 Å². The summed E-state index contributed by atoms with van der Waals surface area (Å²) in [6.07, 6.45) is 2.86. The molecule has 0 radical (unpaired) electrons. The average molecular weight is 345 g/mol. The van der Waals surface area contributed by atoms with E-state index in [-0.39, 0.29) is 0 Å². The van der Waals surface area contributed by atoms with Crippen molar-refractivity contribution in [1.29, 1.82) is 0 Å². The van der Waals surface area contributed by atoms with Crippen LogP contribution in [0.1, 0.15) is 40.8 Å². The van der Waals surface area contributed by atoms with Crippen molar-refractivity contribution in [2.24, 2.45) is 4.99 Å². The van der Waals surface area contributed by atoms with Crippen molar-refractivity contribution in [3.8, 4) is 0 Å². The number of thiazole rings is 1. The topological polar surface area (TPSA) is 49.3 Å². The lowest BCUT2D eigenvalue weighted by Gasteiger charge is -2.13. The van der Waals surface area contributed by atoms with Gasteiger partial charge in [0.2, 0.25) is 0 Å². The summed E-state index contributed by atoms with van der Waals surface area (Å²) in [6, 6.07) is 8.71. The first-order chi connectivity index (χ1) is 11.6. The van der Waals surface area contributed by atoms with Crippen LogP contribution in [0.25, 0.3) is 0 Å². The number of benzene rings is 1. The maximum atomic E-state index is 4.73. The summed E-state index contributed by atoms with van der Waals surface area (Å²) in [4.78, 5) is 10.4. The van der Waals surface area contributed by atoms with Gasteiger partial charge in [0.1, 0.15) is 0 Å². The highest BCUT2D eigenvalue weighted by atomic mass is 32.1. The van der Waals surface area contributed by atoms with Crippen LogP contribution in [-0.2, 0) is 6.42 Å². The Hall–Kier alpha value is -1.88. The fraction of sp³-hybridized carbons (Fsp3) is 0.474. The number of rotatable bonds is 7. The summed E-state index contributed by atoms with van der Waals surface area (Å²) in [7, 11) is 0. The summed E-state index contributed by atoms with van der Waals surface area (Å²) in [5, 5.41) is 7.88. The zero-order chi connectivity index (χ0) is 17.4. The van der Waals surface area contributed by atoms with Gasteiger partial charge >= 0.3 is 0 Å². The molecule has 2 rings (SSSR count). The minimum atomic E-state index is 0.405. The predicted octanol–water partition coefficient (Wildman–Crippen LogP) is 3.66. The van der Waals surface area contributed by atoms with Crippen LogP contribution in [0.3, 0.4) is 0 Å². The fourth-order valence-corrected chi connectivity index (χ4v) is 3.16. The van der Waals surface area contributed by atoms with Gasteiger partial charge in [-0.25, -0.2) is 4.98 Å². The van der Waals surface area contributed by atoms with Gasteiger partial charge in [-0.1, -0.05) is 36.8 Å². The highest BCUT2D eigenvalue weighted by Gasteiger charge is 2.06. The molecule has 1 unspecified atom stereocenters. The smallest absolute Gasteiger partial charge is 0.191 e. The molecule has 0 aliphatic heterocycles. The van der Waals surface area contributed by atoms with Crippen molar-refractivity contribution in [2.75, 3.05) is 19.6 Å². The van der Waals surface area contributed by atoms with Gasteiger partial charge in [0.15, 0.2) is 5.96 Å². The summed E-state index contributed by atoms with van der Waals surface area (Å²) >= 11 is 1.76. The molecule has 24 heavy (non-hydrogen) atoms. The van der Waals surface area contributed by atoms with Crippen molar-refractivity contribution < 1.29 is 0 Å². The molecule has 2 aromatic rings. The maximum Gasteiger partial charge on any atom is 0.191 e. The molecule has 0 bridgehead atoms. The van der Waals surface area contributed by atoms with Gasteiger partial charge in [0.05, 0.1) is 5.01 Å². The summed E-state index contributed by atoms with van der Waals surface area (Å²) < 4.78 is 0. The normalized spacial score (nSPS) is 12.9. The molecule has 0 aliphatic rings. The number of hydrogen-bond donors (Lipinski definition) is 2. The van der Waals surface area contributed by atoms with Crippen LogP contribution in [-0.4, -0.2) is 30.6 Å². The highest BCUT2D eigenvalue weighted by molar-refractivity contribution is 7.11. The molecule has 1 aromatic heterocycles. The number of nitrogens with one attached hydrogen (secondary N) is 2. The van der Waals surface area contributed by atoms with Crippen LogP contribution >= 0.6 is 11.3 Å². The van der Waals surface area contributed by atoms with Gasteiger partial charge in [-0.05, 0) is 26.3 Å². The van der Waals surface area contributed by atoms with E-state index in [1.54, 1.807) is 11.3 Å². The Balaban J connectivity index is 1.86. The lowest BCUT2D eigenvalue weighted by atomic mass is 10.0. The van der Waals surface area contributed by atoms with Gasteiger partial charge < -0.3 is 10.6 Å². The molecule has 4 nitrogen and oxygen atoms in total. The quantitative estimate of drug-likeness (QED) is 0.595. The van der Waals surface area contributed by atoms with Crippen molar-refractivity contribution in [2.45, 2.75) is 40.0 Å². The second kappa shape index (κ2) is 9.42. The van der Waals surface area contributed by atoms with Crippen LogP contribution in [0.15, 0.2) is 35.5 Å². The summed E-state index contributed by atoms with van der Waals surface area (Å²) in [6.45, 7) is 11.0. The summed E-state index contributed by atoms with van der Waals surface area (Å²) in [5.41, 5.74) is 2.63. The second-order valence-electron chi connectivity index (χ2n) is 6.07. The number of aromatic nitrogens is 1. The lowest BCUT2D eigenvalue weighted by molar-refractivity contribution is 0.745. The zero-order valence-electron chi connectivity index (χ0n) is 15.1. The first-order valence-corrected chi connectivity index (χ1v) is 9.40. The molecule has 0 aliphatic carbocycles. The molecule has 0 fully saturated rings. The van der Waals surface area contributed by atoms with Crippen molar-refractivity contribution >= 4 is 17.3 Å². The predicted molar refractivity (Wildman–Crippen MR) is 104 cm³/mol. The van der Waals surface area contributed by atoms with E-state index >= 15 is 0 Å².